The average molecular weight is 545 g/mol. The molecule has 1 saturated carbocycles. The Morgan fingerprint density at radius 2 is 1.72 bits per heavy atom. The van der Waals surface area contributed by atoms with Gasteiger partial charge in [0.05, 0.1) is 25.5 Å². The van der Waals surface area contributed by atoms with Crippen LogP contribution in [-0.4, -0.2) is 40.7 Å². The smallest absolute Gasteiger partial charge is 0.420 e. The molecule has 1 heterocycles. The van der Waals surface area contributed by atoms with Crippen LogP contribution in [0, 0.1) is 4.91 Å². The van der Waals surface area contributed by atoms with E-state index in [0.717, 1.165) is 12.1 Å². The summed E-state index contributed by atoms with van der Waals surface area (Å²) in [6, 6.07) is 8.75. The van der Waals surface area contributed by atoms with Crippen molar-refractivity contribution in [2.24, 2.45) is 5.18 Å². The largest absolute Gasteiger partial charge is 0.497 e. The van der Waals surface area contributed by atoms with Gasteiger partial charge in [-0.2, -0.15) is 18.1 Å². The number of rotatable bonds is 9. The van der Waals surface area contributed by atoms with Gasteiger partial charge in [-0.05, 0) is 35.9 Å². The Bertz CT molecular complexity index is 1330. The van der Waals surface area contributed by atoms with Gasteiger partial charge >= 0.3 is 12.3 Å². The lowest BCUT2D eigenvalue weighted by atomic mass is 9.72. The molecule has 1 fully saturated rings. The van der Waals surface area contributed by atoms with Crippen LogP contribution in [0.25, 0.3) is 0 Å². The molecule has 204 valence electrons. The number of carbonyl (C=O) groups is 2. The van der Waals surface area contributed by atoms with E-state index in [9.17, 15) is 27.7 Å². The van der Waals surface area contributed by atoms with Crippen molar-refractivity contribution in [2.45, 2.75) is 37.1 Å². The number of halogens is 3. The maximum Gasteiger partial charge on any atom is 0.420 e. The van der Waals surface area contributed by atoms with E-state index in [4.69, 9.17) is 14.2 Å². The van der Waals surface area contributed by atoms with Crippen LogP contribution in [-0.2, 0) is 17.5 Å². The standard InChI is InChI=1S/C25H22F3N5O6/c1-37-18-6-7-21(20(8-18)25(26,27)28)38-17-4-2-15(3-5-17)11-31-22(34)24(9-16(10-24)33-36)32-23(35)39-19-12-29-14-30-13-19/h2-8,12-14,16H,9-11H2,1H3,(H,31,34)(H,32,35). The predicted molar refractivity (Wildman–Crippen MR) is 129 cm³/mol. The van der Waals surface area contributed by atoms with Gasteiger partial charge in [-0.15, -0.1) is 0 Å². The number of carbonyl (C=O) groups excluding carboxylic acids is 2. The molecular formula is C25H22F3N5O6. The van der Waals surface area contributed by atoms with E-state index in [1.165, 1.54) is 44.0 Å². The first kappa shape index (κ1) is 27.3. The van der Waals surface area contributed by atoms with E-state index >= 15 is 0 Å². The number of ether oxygens (including phenoxy) is 3. The molecule has 2 amide bonds. The molecule has 2 N–H and O–H groups in total. The number of hydrogen-bond donors (Lipinski definition) is 2. The first-order valence-electron chi connectivity index (χ1n) is 11.5. The van der Waals surface area contributed by atoms with Gasteiger partial charge in [0.1, 0.15) is 34.7 Å². The molecule has 4 rings (SSSR count). The van der Waals surface area contributed by atoms with Crippen molar-refractivity contribution in [3.8, 4) is 23.0 Å². The van der Waals surface area contributed by atoms with Crippen LogP contribution in [0.3, 0.4) is 0 Å². The van der Waals surface area contributed by atoms with Crippen molar-refractivity contribution in [1.82, 2.24) is 20.6 Å². The summed E-state index contributed by atoms with van der Waals surface area (Å²) in [6.45, 7) is 0.0274. The van der Waals surface area contributed by atoms with Crippen molar-refractivity contribution >= 4 is 12.0 Å². The molecule has 39 heavy (non-hydrogen) atoms. The Hall–Kier alpha value is -4.75. The highest BCUT2D eigenvalue weighted by Crippen LogP contribution is 2.40. The minimum Gasteiger partial charge on any atom is -0.497 e. The van der Waals surface area contributed by atoms with Gasteiger partial charge in [-0.25, -0.2) is 14.8 Å². The summed E-state index contributed by atoms with van der Waals surface area (Å²) in [5.41, 5.74) is -1.79. The maximum absolute atomic E-state index is 13.4. The summed E-state index contributed by atoms with van der Waals surface area (Å²) >= 11 is 0. The molecule has 14 heteroatoms. The number of nitrogens with zero attached hydrogens (tertiary/aromatic N) is 3. The Labute approximate surface area is 219 Å². The van der Waals surface area contributed by atoms with Gasteiger partial charge < -0.3 is 24.8 Å². The molecule has 3 aromatic rings. The zero-order chi connectivity index (χ0) is 28.0. The molecule has 0 bridgehead atoms. The van der Waals surface area contributed by atoms with Gasteiger partial charge in [0.2, 0.25) is 5.91 Å². The molecule has 0 saturated heterocycles. The maximum atomic E-state index is 13.4. The predicted octanol–water partition coefficient (Wildman–Crippen LogP) is 4.37. The second-order valence-electron chi connectivity index (χ2n) is 8.63. The highest BCUT2D eigenvalue weighted by molar-refractivity contribution is 5.91. The fourth-order valence-corrected chi connectivity index (χ4v) is 3.93. The summed E-state index contributed by atoms with van der Waals surface area (Å²) in [7, 11) is 1.26. The molecule has 0 aliphatic heterocycles. The zero-order valence-electron chi connectivity index (χ0n) is 20.4. The van der Waals surface area contributed by atoms with Crippen LogP contribution in [0.15, 0.2) is 66.4 Å². The number of benzene rings is 2. The number of hydrogen-bond acceptors (Lipinski definition) is 9. The van der Waals surface area contributed by atoms with Crippen molar-refractivity contribution in [3.63, 3.8) is 0 Å². The Morgan fingerprint density at radius 1 is 1.05 bits per heavy atom. The highest BCUT2D eigenvalue weighted by atomic mass is 19.4. The van der Waals surface area contributed by atoms with Crippen LogP contribution in [0.4, 0.5) is 18.0 Å². The number of alkyl halides is 3. The Balaban J connectivity index is 1.38. The number of amides is 2. The lowest BCUT2D eigenvalue weighted by Gasteiger charge is -2.42. The normalized spacial score (nSPS) is 18.3. The number of aromatic nitrogens is 2. The Kier molecular flexibility index (Phi) is 7.93. The molecule has 1 aliphatic carbocycles. The molecule has 11 nitrogen and oxygen atoms in total. The molecule has 2 aromatic carbocycles. The summed E-state index contributed by atoms with van der Waals surface area (Å²) in [6.07, 6.45) is -1.83. The van der Waals surface area contributed by atoms with Crippen molar-refractivity contribution in [3.05, 3.63) is 77.2 Å². The third kappa shape index (κ3) is 6.58. The fraction of sp³-hybridized carbons (Fsp3) is 0.280. The summed E-state index contributed by atoms with van der Waals surface area (Å²) in [4.78, 5) is 43.7. The molecule has 0 radical (unpaired) electrons. The Morgan fingerprint density at radius 3 is 2.33 bits per heavy atom. The quantitative estimate of drug-likeness (QED) is 0.378. The lowest BCUT2D eigenvalue weighted by molar-refractivity contribution is -0.138. The minimum absolute atomic E-state index is 0.0150. The molecule has 0 atom stereocenters. The summed E-state index contributed by atoms with van der Waals surface area (Å²) in [5.74, 6) is -0.705. The third-order valence-corrected chi connectivity index (χ3v) is 5.94. The lowest BCUT2D eigenvalue weighted by Crippen LogP contribution is -2.67. The second-order valence-corrected chi connectivity index (χ2v) is 8.63. The van der Waals surface area contributed by atoms with Crippen LogP contribution < -0.4 is 24.8 Å². The fourth-order valence-electron chi connectivity index (χ4n) is 3.93. The average Bonchev–Trinajstić information content (AvgIpc) is 2.90. The van der Waals surface area contributed by atoms with Crippen LogP contribution >= 0.6 is 0 Å². The van der Waals surface area contributed by atoms with Gasteiger partial charge in [-0.1, -0.05) is 17.3 Å². The van der Waals surface area contributed by atoms with E-state index in [2.05, 4.69) is 25.8 Å². The van der Waals surface area contributed by atoms with Crippen molar-refractivity contribution in [1.29, 1.82) is 0 Å². The van der Waals surface area contributed by atoms with E-state index in [-0.39, 0.29) is 36.6 Å². The molecular weight excluding hydrogens is 523 g/mol. The van der Waals surface area contributed by atoms with Gasteiger partial charge in [0.15, 0.2) is 5.75 Å². The van der Waals surface area contributed by atoms with Crippen molar-refractivity contribution < 1.29 is 37.0 Å². The highest BCUT2D eigenvalue weighted by Gasteiger charge is 2.52. The number of nitrogens with one attached hydrogen (secondary N) is 2. The van der Waals surface area contributed by atoms with E-state index in [1.54, 1.807) is 12.1 Å². The van der Waals surface area contributed by atoms with E-state index in [1.807, 2.05) is 0 Å². The molecule has 1 aromatic heterocycles. The van der Waals surface area contributed by atoms with Gasteiger partial charge in [-0.3, -0.25) is 4.79 Å². The first-order valence-corrected chi connectivity index (χ1v) is 11.5. The molecule has 0 spiro atoms. The molecule has 0 unspecified atom stereocenters. The monoisotopic (exact) mass is 545 g/mol. The zero-order valence-corrected chi connectivity index (χ0v) is 20.4. The van der Waals surface area contributed by atoms with Crippen molar-refractivity contribution in [2.75, 3.05) is 7.11 Å². The second kappa shape index (κ2) is 11.3. The number of methoxy groups -OCH3 is 1. The van der Waals surface area contributed by atoms with E-state index in [0.29, 0.717) is 5.56 Å². The van der Waals surface area contributed by atoms with Gasteiger partial charge in [0, 0.05) is 19.4 Å². The van der Waals surface area contributed by atoms with Crippen LogP contribution in [0.5, 0.6) is 23.0 Å². The number of nitroso groups, excluding NO2 is 1. The van der Waals surface area contributed by atoms with Gasteiger partial charge in [0.25, 0.3) is 0 Å². The van der Waals surface area contributed by atoms with E-state index < -0.39 is 41.1 Å². The topological polar surface area (TPSA) is 141 Å². The SMILES string of the molecule is COc1ccc(Oc2ccc(CNC(=O)C3(NC(=O)Oc4cncnc4)CC(N=O)C3)cc2)c(C(F)(F)F)c1. The third-order valence-electron chi connectivity index (χ3n) is 5.94. The minimum atomic E-state index is -4.65. The summed E-state index contributed by atoms with van der Waals surface area (Å²) in [5, 5.41) is 8.10. The van der Waals surface area contributed by atoms with Crippen LogP contribution in [0.1, 0.15) is 24.0 Å². The molecule has 1 aliphatic rings. The van der Waals surface area contributed by atoms with Crippen LogP contribution in [0.2, 0.25) is 0 Å². The summed E-state index contributed by atoms with van der Waals surface area (Å²) < 4.78 is 55.7. The first-order chi connectivity index (χ1) is 18.6.